The van der Waals surface area contributed by atoms with E-state index in [1.54, 1.807) is 0 Å². The van der Waals surface area contributed by atoms with Gasteiger partial charge in [0.05, 0.1) is 0 Å². The highest BCUT2D eigenvalue weighted by molar-refractivity contribution is 4.86. The van der Waals surface area contributed by atoms with Crippen LogP contribution < -0.4 is 0 Å². The van der Waals surface area contributed by atoms with Gasteiger partial charge in [-0.2, -0.15) is 0 Å². The number of allylic oxidation sites excluding steroid dienone is 1. The van der Waals surface area contributed by atoms with Gasteiger partial charge in [0.1, 0.15) is 0 Å². The first-order chi connectivity index (χ1) is 4.29. The molecule has 52 valence electrons. The molecule has 0 amide bonds. The first kappa shape index (κ1) is 6.66. The van der Waals surface area contributed by atoms with Crippen LogP contribution in [0, 0.1) is 5.92 Å². The van der Waals surface area contributed by atoms with Crippen LogP contribution in [0.25, 0.3) is 0 Å². The Hall–Kier alpha value is -0.460. The molecule has 0 bridgehead atoms. The molecule has 1 heteroatoms. The predicted octanol–water partition coefficient (Wildman–Crippen LogP) is 1.86. The number of nitrogens with zero attached hydrogens (tertiary/aromatic N) is 1. The first-order valence-electron chi connectivity index (χ1n) is 3.62. The van der Waals surface area contributed by atoms with Crippen molar-refractivity contribution in [2.75, 3.05) is 14.1 Å². The molecule has 0 heterocycles. The Bertz CT molecular complexity index is 101. The molecule has 0 saturated heterocycles. The Kier molecular flexibility index (Phi) is 2.15. The van der Waals surface area contributed by atoms with Crippen molar-refractivity contribution in [3.05, 3.63) is 12.3 Å². The molecule has 0 N–H and O–H groups in total. The second kappa shape index (κ2) is 2.90. The molecule has 1 saturated carbocycles. The van der Waals surface area contributed by atoms with Gasteiger partial charge in [-0.15, -0.1) is 0 Å². The van der Waals surface area contributed by atoms with Crippen LogP contribution in [-0.4, -0.2) is 19.0 Å². The van der Waals surface area contributed by atoms with E-state index in [4.69, 9.17) is 0 Å². The third-order valence-corrected chi connectivity index (χ3v) is 1.57. The maximum Gasteiger partial charge on any atom is 0.00555 e. The van der Waals surface area contributed by atoms with E-state index in [1.165, 1.54) is 19.3 Å². The monoisotopic (exact) mass is 125 g/mol. The van der Waals surface area contributed by atoms with E-state index in [0.717, 1.165) is 5.92 Å². The smallest absolute Gasteiger partial charge is 0.00555 e. The Morgan fingerprint density at radius 1 is 1.44 bits per heavy atom. The average Bonchev–Trinajstić information content (AvgIpc) is 2.48. The molecule has 9 heavy (non-hydrogen) atoms. The van der Waals surface area contributed by atoms with Gasteiger partial charge in [-0.3, -0.25) is 0 Å². The van der Waals surface area contributed by atoms with Gasteiger partial charge in [-0.1, -0.05) is 6.08 Å². The van der Waals surface area contributed by atoms with Gasteiger partial charge in [0, 0.05) is 14.1 Å². The lowest BCUT2D eigenvalue weighted by Gasteiger charge is -2.01. The van der Waals surface area contributed by atoms with E-state index in [9.17, 15) is 0 Å². The van der Waals surface area contributed by atoms with E-state index in [1.807, 2.05) is 0 Å². The van der Waals surface area contributed by atoms with Crippen molar-refractivity contribution in [3.63, 3.8) is 0 Å². The summed E-state index contributed by atoms with van der Waals surface area (Å²) in [7, 11) is 4.12. The molecule has 0 aromatic carbocycles. The van der Waals surface area contributed by atoms with Crippen LogP contribution in [0.15, 0.2) is 12.3 Å². The van der Waals surface area contributed by atoms with Crippen molar-refractivity contribution in [2.24, 2.45) is 5.92 Å². The van der Waals surface area contributed by atoms with Gasteiger partial charge < -0.3 is 4.90 Å². The maximum atomic E-state index is 2.26. The zero-order valence-electron chi connectivity index (χ0n) is 6.30. The minimum atomic E-state index is 1.03. The summed E-state index contributed by atoms with van der Waals surface area (Å²) in [5, 5.41) is 0. The fourth-order valence-electron chi connectivity index (χ4n) is 0.818. The van der Waals surface area contributed by atoms with Crippen LogP contribution in [0.4, 0.5) is 0 Å². The van der Waals surface area contributed by atoms with Gasteiger partial charge in [0.15, 0.2) is 0 Å². The second-order valence-electron chi connectivity index (χ2n) is 3.03. The van der Waals surface area contributed by atoms with Gasteiger partial charge >= 0.3 is 0 Å². The summed E-state index contributed by atoms with van der Waals surface area (Å²) in [6.45, 7) is 0. The van der Waals surface area contributed by atoms with Crippen LogP contribution in [0.3, 0.4) is 0 Å². The molecule has 1 rings (SSSR count). The van der Waals surface area contributed by atoms with E-state index in [-0.39, 0.29) is 0 Å². The van der Waals surface area contributed by atoms with Gasteiger partial charge in [-0.25, -0.2) is 0 Å². The van der Waals surface area contributed by atoms with Crippen LogP contribution in [0.5, 0.6) is 0 Å². The summed E-state index contributed by atoms with van der Waals surface area (Å²) in [6.07, 6.45) is 8.60. The lowest BCUT2D eigenvalue weighted by molar-refractivity contribution is 0.559. The zero-order valence-corrected chi connectivity index (χ0v) is 6.30. The van der Waals surface area contributed by atoms with Crippen LogP contribution in [0.1, 0.15) is 19.3 Å². The summed E-state index contributed by atoms with van der Waals surface area (Å²) in [5.41, 5.74) is 0. The third-order valence-electron chi connectivity index (χ3n) is 1.57. The molecule has 0 aromatic rings. The molecule has 0 spiro atoms. The van der Waals surface area contributed by atoms with Crippen molar-refractivity contribution in [3.8, 4) is 0 Å². The fourth-order valence-corrected chi connectivity index (χ4v) is 0.818. The van der Waals surface area contributed by atoms with Crippen molar-refractivity contribution in [1.82, 2.24) is 4.90 Å². The Morgan fingerprint density at radius 2 is 2.11 bits per heavy atom. The predicted molar refractivity (Wildman–Crippen MR) is 40.2 cm³/mol. The molecule has 1 nitrogen and oxygen atoms in total. The van der Waals surface area contributed by atoms with Crippen molar-refractivity contribution in [1.29, 1.82) is 0 Å². The fraction of sp³-hybridized carbons (Fsp3) is 0.750. The number of hydrogen-bond acceptors (Lipinski definition) is 1. The average molecular weight is 125 g/mol. The van der Waals surface area contributed by atoms with Crippen LogP contribution in [-0.2, 0) is 0 Å². The maximum absolute atomic E-state index is 2.26. The van der Waals surface area contributed by atoms with Crippen molar-refractivity contribution in [2.45, 2.75) is 19.3 Å². The molecule has 1 aliphatic rings. The van der Waals surface area contributed by atoms with Crippen molar-refractivity contribution < 1.29 is 0 Å². The molecule has 0 aromatic heterocycles. The highest BCUT2D eigenvalue weighted by Gasteiger charge is 2.18. The highest BCUT2D eigenvalue weighted by atomic mass is 15.0. The largest absolute Gasteiger partial charge is 0.384 e. The van der Waals surface area contributed by atoms with Gasteiger partial charge in [0.2, 0.25) is 0 Å². The van der Waals surface area contributed by atoms with E-state index < -0.39 is 0 Å². The van der Waals surface area contributed by atoms with E-state index in [0.29, 0.717) is 0 Å². The topological polar surface area (TPSA) is 3.24 Å². The van der Waals surface area contributed by atoms with Gasteiger partial charge in [0.25, 0.3) is 0 Å². The first-order valence-corrected chi connectivity index (χ1v) is 3.62. The third kappa shape index (κ3) is 3.17. The SMILES string of the molecule is CN(C)C=CCC1CC1. The van der Waals surface area contributed by atoms with Gasteiger partial charge in [-0.05, 0) is 31.4 Å². The zero-order chi connectivity index (χ0) is 6.69. The molecule has 0 radical (unpaired) electrons. The summed E-state index contributed by atoms with van der Waals surface area (Å²) < 4.78 is 0. The standard InChI is InChI=1S/C8H15N/c1-9(2)7-3-4-8-5-6-8/h3,7-8H,4-6H2,1-2H3. The van der Waals surface area contributed by atoms with Crippen LogP contribution >= 0.6 is 0 Å². The molecular formula is C8H15N. The number of hydrogen-bond donors (Lipinski definition) is 0. The molecule has 0 aliphatic heterocycles. The minimum absolute atomic E-state index is 1.03. The highest BCUT2D eigenvalue weighted by Crippen LogP contribution is 2.32. The molecule has 0 unspecified atom stereocenters. The van der Waals surface area contributed by atoms with E-state index in [2.05, 4.69) is 31.3 Å². The second-order valence-corrected chi connectivity index (χ2v) is 3.03. The molecule has 0 atom stereocenters. The molecule has 1 fully saturated rings. The lowest BCUT2D eigenvalue weighted by atomic mass is 10.3. The molecular weight excluding hydrogens is 110 g/mol. The summed E-state index contributed by atoms with van der Waals surface area (Å²) in [4.78, 5) is 2.09. The minimum Gasteiger partial charge on any atom is -0.384 e. The Labute approximate surface area is 57.4 Å². The quantitative estimate of drug-likeness (QED) is 0.556. The van der Waals surface area contributed by atoms with E-state index >= 15 is 0 Å². The summed E-state index contributed by atoms with van der Waals surface area (Å²) in [5.74, 6) is 1.03. The normalized spacial score (nSPS) is 18.9. The number of rotatable bonds is 3. The molecule has 1 aliphatic carbocycles. The van der Waals surface area contributed by atoms with Crippen molar-refractivity contribution >= 4 is 0 Å². The summed E-state index contributed by atoms with van der Waals surface area (Å²) in [6, 6.07) is 0. The van der Waals surface area contributed by atoms with Crippen LogP contribution in [0.2, 0.25) is 0 Å². The lowest BCUT2D eigenvalue weighted by Crippen LogP contribution is -1.99. The summed E-state index contributed by atoms with van der Waals surface area (Å²) >= 11 is 0. The Balaban J connectivity index is 2.01. The Morgan fingerprint density at radius 3 is 2.56 bits per heavy atom.